The monoisotopic (exact) mass is 313 g/mol. The highest BCUT2D eigenvalue weighted by Gasteiger charge is 2.21. The van der Waals surface area contributed by atoms with E-state index in [1.54, 1.807) is 6.92 Å². The molecule has 8 heteroatoms. The Morgan fingerprint density at radius 1 is 1.48 bits per heavy atom. The summed E-state index contributed by atoms with van der Waals surface area (Å²) in [5, 5.41) is 14.1. The maximum Gasteiger partial charge on any atom is 0.270 e. The zero-order chi connectivity index (χ0) is 15.5. The molecule has 1 fully saturated rings. The molecule has 0 bridgehead atoms. The third kappa shape index (κ3) is 3.99. The van der Waals surface area contributed by atoms with Crippen molar-refractivity contribution in [3.8, 4) is 0 Å². The largest absolute Gasteiger partial charge is 0.314 e. The molecule has 7 nitrogen and oxygen atoms in total. The fraction of sp³-hybridized carbons (Fsp3) is 0.538. The van der Waals surface area contributed by atoms with Crippen molar-refractivity contribution in [3.05, 3.63) is 33.9 Å². The number of aryl methyl sites for hydroxylation is 1. The lowest BCUT2D eigenvalue weighted by atomic mass is 10.2. The molecule has 1 atom stereocenters. The summed E-state index contributed by atoms with van der Waals surface area (Å²) in [6.45, 7) is 2.92. The minimum atomic E-state index is -3.72. The lowest BCUT2D eigenvalue weighted by Gasteiger charge is -2.12. The van der Waals surface area contributed by atoms with Crippen LogP contribution in [-0.4, -0.2) is 32.5 Å². The highest BCUT2D eigenvalue weighted by atomic mass is 32.2. The zero-order valence-electron chi connectivity index (χ0n) is 11.8. The minimum Gasteiger partial charge on any atom is -0.314 e. The molecule has 2 rings (SSSR count). The molecule has 0 aliphatic carbocycles. The summed E-state index contributed by atoms with van der Waals surface area (Å²) in [6, 6.07) is 4.20. The van der Waals surface area contributed by atoms with Crippen molar-refractivity contribution in [3.63, 3.8) is 0 Å². The molecule has 1 heterocycles. The minimum absolute atomic E-state index is 0.0314. The molecule has 0 spiro atoms. The van der Waals surface area contributed by atoms with Crippen molar-refractivity contribution < 1.29 is 13.3 Å². The van der Waals surface area contributed by atoms with E-state index in [-0.39, 0.29) is 10.6 Å². The zero-order valence-corrected chi connectivity index (χ0v) is 12.6. The van der Waals surface area contributed by atoms with Gasteiger partial charge in [0, 0.05) is 24.7 Å². The van der Waals surface area contributed by atoms with Gasteiger partial charge >= 0.3 is 0 Å². The van der Waals surface area contributed by atoms with E-state index in [0.717, 1.165) is 25.5 Å². The number of nitrogens with one attached hydrogen (secondary N) is 2. The molecule has 1 saturated heterocycles. The van der Waals surface area contributed by atoms with Gasteiger partial charge in [0.05, 0.1) is 9.82 Å². The first kappa shape index (κ1) is 15.9. The average molecular weight is 313 g/mol. The van der Waals surface area contributed by atoms with Gasteiger partial charge in [0.25, 0.3) is 5.69 Å². The normalized spacial score (nSPS) is 18.8. The van der Waals surface area contributed by atoms with Crippen LogP contribution in [0.4, 0.5) is 5.69 Å². The van der Waals surface area contributed by atoms with Crippen LogP contribution in [-0.2, 0) is 10.0 Å². The van der Waals surface area contributed by atoms with E-state index in [4.69, 9.17) is 0 Å². The fourth-order valence-corrected chi connectivity index (χ4v) is 3.75. The number of rotatable bonds is 6. The second kappa shape index (κ2) is 6.50. The van der Waals surface area contributed by atoms with Gasteiger partial charge in [-0.2, -0.15) is 0 Å². The highest BCUT2D eigenvalue weighted by molar-refractivity contribution is 7.89. The Balaban J connectivity index is 2.07. The molecule has 0 unspecified atom stereocenters. The van der Waals surface area contributed by atoms with E-state index in [1.807, 2.05) is 0 Å². The van der Waals surface area contributed by atoms with Gasteiger partial charge in [0.1, 0.15) is 0 Å². The smallest absolute Gasteiger partial charge is 0.270 e. The fourth-order valence-electron chi connectivity index (χ4n) is 2.44. The Kier molecular flexibility index (Phi) is 4.92. The van der Waals surface area contributed by atoms with E-state index in [2.05, 4.69) is 10.0 Å². The molecule has 1 aromatic rings. The molecule has 0 amide bonds. The van der Waals surface area contributed by atoms with Crippen LogP contribution < -0.4 is 10.0 Å². The molecule has 1 aliphatic heterocycles. The van der Waals surface area contributed by atoms with Crippen LogP contribution in [0, 0.1) is 17.0 Å². The first-order valence-corrected chi connectivity index (χ1v) is 8.36. The third-order valence-corrected chi connectivity index (χ3v) is 5.22. The van der Waals surface area contributed by atoms with Gasteiger partial charge in [-0.3, -0.25) is 10.1 Å². The molecular weight excluding hydrogens is 294 g/mol. The second-order valence-electron chi connectivity index (χ2n) is 5.19. The van der Waals surface area contributed by atoms with Gasteiger partial charge in [-0.1, -0.05) is 6.07 Å². The predicted molar refractivity (Wildman–Crippen MR) is 78.7 cm³/mol. The molecule has 1 aromatic carbocycles. The lowest BCUT2D eigenvalue weighted by molar-refractivity contribution is -0.385. The van der Waals surface area contributed by atoms with Crippen molar-refractivity contribution in [2.45, 2.75) is 37.1 Å². The van der Waals surface area contributed by atoms with Crippen LogP contribution in [0.15, 0.2) is 23.1 Å². The van der Waals surface area contributed by atoms with E-state index in [9.17, 15) is 18.5 Å². The van der Waals surface area contributed by atoms with Crippen LogP contribution in [0.25, 0.3) is 0 Å². The average Bonchev–Trinajstić information content (AvgIpc) is 2.91. The van der Waals surface area contributed by atoms with E-state index < -0.39 is 14.9 Å². The van der Waals surface area contributed by atoms with Gasteiger partial charge < -0.3 is 5.32 Å². The van der Waals surface area contributed by atoms with Crippen LogP contribution in [0.3, 0.4) is 0 Å². The summed E-state index contributed by atoms with van der Waals surface area (Å²) in [5.74, 6) is 0. The number of hydrogen-bond acceptors (Lipinski definition) is 5. The number of benzene rings is 1. The number of sulfonamides is 1. The molecular formula is C13H19N3O4S. The van der Waals surface area contributed by atoms with Crippen LogP contribution >= 0.6 is 0 Å². The number of nitro benzene ring substituents is 1. The van der Waals surface area contributed by atoms with Gasteiger partial charge in [0.2, 0.25) is 10.0 Å². The summed E-state index contributed by atoms with van der Waals surface area (Å²) in [6.07, 6.45) is 2.88. The van der Waals surface area contributed by atoms with Crippen LogP contribution in [0.2, 0.25) is 0 Å². The van der Waals surface area contributed by atoms with E-state index in [1.165, 1.54) is 12.1 Å². The SMILES string of the molecule is Cc1ccc([N+](=O)[O-])cc1S(=O)(=O)NCC[C@H]1CCCN1. The van der Waals surface area contributed by atoms with Gasteiger partial charge in [-0.25, -0.2) is 13.1 Å². The van der Waals surface area contributed by atoms with Crippen LogP contribution in [0.5, 0.6) is 0 Å². The highest BCUT2D eigenvalue weighted by Crippen LogP contribution is 2.21. The van der Waals surface area contributed by atoms with Gasteiger partial charge in [0.15, 0.2) is 0 Å². The van der Waals surface area contributed by atoms with Gasteiger partial charge in [-0.15, -0.1) is 0 Å². The Bertz CT molecular complexity index is 624. The van der Waals surface area contributed by atoms with Crippen molar-refractivity contribution in [2.24, 2.45) is 0 Å². The summed E-state index contributed by atoms with van der Waals surface area (Å²) >= 11 is 0. The van der Waals surface area contributed by atoms with Crippen LogP contribution in [0.1, 0.15) is 24.8 Å². The molecule has 0 saturated carbocycles. The Labute approximate surface area is 123 Å². The maximum absolute atomic E-state index is 12.2. The van der Waals surface area contributed by atoms with Crippen molar-refractivity contribution in [1.29, 1.82) is 0 Å². The number of nitro groups is 1. The standard InChI is InChI=1S/C13H19N3O4S/c1-10-4-5-12(16(17)18)9-13(10)21(19,20)15-8-6-11-3-2-7-14-11/h4-5,9,11,14-15H,2-3,6-8H2,1H3/t11-/m1/s1. The molecule has 1 aliphatic rings. The summed E-state index contributed by atoms with van der Waals surface area (Å²) in [4.78, 5) is 10.1. The Morgan fingerprint density at radius 2 is 2.24 bits per heavy atom. The van der Waals surface area contributed by atoms with E-state index >= 15 is 0 Å². The Morgan fingerprint density at radius 3 is 2.86 bits per heavy atom. The second-order valence-corrected chi connectivity index (χ2v) is 6.92. The lowest BCUT2D eigenvalue weighted by Crippen LogP contribution is -2.31. The number of non-ortho nitro benzene ring substituents is 1. The first-order valence-electron chi connectivity index (χ1n) is 6.88. The summed E-state index contributed by atoms with van der Waals surface area (Å²) in [5.41, 5.74) is 0.269. The molecule has 0 radical (unpaired) electrons. The van der Waals surface area contributed by atoms with Gasteiger partial charge in [-0.05, 0) is 38.3 Å². The van der Waals surface area contributed by atoms with E-state index in [0.29, 0.717) is 24.6 Å². The third-order valence-electron chi connectivity index (χ3n) is 3.62. The first-order chi connectivity index (χ1) is 9.90. The molecule has 21 heavy (non-hydrogen) atoms. The topological polar surface area (TPSA) is 101 Å². The van der Waals surface area contributed by atoms with Crippen molar-refractivity contribution >= 4 is 15.7 Å². The summed E-state index contributed by atoms with van der Waals surface area (Å²) < 4.78 is 27.0. The number of hydrogen-bond donors (Lipinski definition) is 2. The van der Waals surface area contributed by atoms with Crippen molar-refractivity contribution in [2.75, 3.05) is 13.1 Å². The maximum atomic E-state index is 12.2. The quantitative estimate of drug-likeness (QED) is 0.609. The number of nitrogens with zero attached hydrogens (tertiary/aromatic N) is 1. The molecule has 116 valence electrons. The Hall–Kier alpha value is -1.51. The summed E-state index contributed by atoms with van der Waals surface area (Å²) in [7, 11) is -3.72. The van der Waals surface area contributed by atoms with Crippen molar-refractivity contribution in [1.82, 2.24) is 10.0 Å². The molecule has 0 aromatic heterocycles. The predicted octanol–water partition coefficient (Wildman–Crippen LogP) is 1.32. The molecule has 2 N–H and O–H groups in total.